The molecule has 0 aliphatic rings. The lowest BCUT2D eigenvalue weighted by molar-refractivity contribution is -0.137. The Bertz CT molecular complexity index is 448. The van der Waals surface area contributed by atoms with Crippen LogP contribution in [-0.4, -0.2) is 30.6 Å². The summed E-state index contributed by atoms with van der Waals surface area (Å²) in [4.78, 5) is 22.1. The van der Waals surface area contributed by atoms with Crippen LogP contribution in [0.5, 0.6) is 5.75 Å². The average Bonchev–Trinajstić information content (AvgIpc) is 2.33. The Morgan fingerprint density at radius 3 is 2.72 bits per heavy atom. The first-order valence-electron chi connectivity index (χ1n) is 5.38. The van der Waals surface area contributed by atoms with Gasteiger partial charge in [0.2, 0.25) is 0 Å². The first-order chi connectivity index (χ1) is 8.54. The lowest BCUT2D eigenvalue weighted by atomic mass is 10.2. The van der Waals surface area contributed by atoms with Gasteiger partial charge in [0.05, 0.1) is 12.7 Å². The molecule has 0 atom stereocenters. The van der Waals surface area contributed by atoms with Gasteiger partial charge in [-0.1, -0.05) is 0 Å². The molecule has 1 rings (SSSR count). The summed E-state index contributed by atoms with van der Waals surface area (Å²) < 4.78 is 5.85. The van der Waals surface area contributed by atoms with Crippen molar-refractivity contribution in [2.24, 2.45) is 0 Å². The maximum Gasteiger partial charge on any atom is 0.303 e. The van der Waals surface area contributed by atoms with E-state index in [-0.39, 0.29) is 12.3 Å². The van der Waals surface area contributed by atoms with E-state index in [1.165, 1.54) is 0 Å². The molecule has 0 spiro atoms. The third kappa shape index (κ3) is 4.52. The number of carboxylic acids is 1. The second-order valence-electron chi connectivity index (χ2n) is 3.60. The molecule has 0 aliphatic carbocycles. The molecular weight excluding hydrogens is 349 g/mol. The van der Waals surface area contributed by atoms with Gasteiger partial charge in [-0.2, -0.15) is 0 Å². The molecule has 0 aliphatic heterocycles. The summed E-state index contributed by atoms with van der Waals surface area (Å²) in [5.41, 5.74) is 0.562. The molecule has 2 N–H and O–H groups in total. The van der Waals surface area contributed by atoms with Gasteiger partial charge < -0.3 is 15.2 Å². The van der Waals surface area contributed by atoms with E-state index >= 15 is 0 Å². The molecule has 5 nitrogen and oxygen atoms in total. The Morgan fingerprint density at radius 1 is 1.44 bits per heavy atom. The monoisotopic (exact) mass is 363 g/mol. The van der Waals surface area contributed by atoms with Crippen LogP contribution < -0.4 is 10.1 Å². The number of halogens is 1. The van der Waals surface area contributed by atoms with Gasteiger partial charge in [-0.25, -0.2) is 0 Å². The van der Waals surface area contributed by atoms with Crippen LogP contribution >= 0.6 is 22.6 Å². The number of hydrogen-bond donors (Lipinski definition) is 2. The van der Waals surface area contributed by atoms with Gasteiger partial charge in [-0.05, 0) is 47.2 Å². The number of carbonyl (C=O) groups is 2. The lowest BCUT2D eigenvalue weighted by Crippen LogP contribution is -2.25. The Labute approximate surface area is 119 Å². The molecule has 1 amide bonds. The summed E-state index contributed by atoms with van der Waals surface area (Å²) in [5, 5.41) is 11.2. The average molecular weight is 363 g/mol. The number of ether oxygens (including phenoxy) is 1. The highest BCUT2D eigenvalue weighted by molar-refractivity contribution is 14.1. The van der Waals surface area contributed by atoms with Crippen molar-refractivity contribution in [3.63, 3.8) is 0 Å². The third-order valence-corrected chi connectivity index (χ3v) is 3.17. The Hall–Kier alpha value is -1.31. The number of carboxylic acid groups (broad SMARTS) is 1. The molecule has 0 aromatic heterocycles. The minimum Gasteiger partial charge on any atom is -0.497 e. The van der Waals surface area contributed by atoms with E-state index in [1.807, 2.05) is 0 Å². The van der Waals surface area contributed by atoms with Crippen molar-refractivity contribution in [2.45, 2.75) is 12.8 Å². The van der Waals surface area contributed by atoms with Gasteiger partial charge in [0, 0.05) is 16.5 Å². The molecule has 18 heavy (non-hydrogen) atoms. The molecule has 0 saturated heterocycles. The van der Waals surface area contributed by atoms with E-state index in [0.29, 0.717) is 24.3 Å². The van der Waals surface area contributed by atoms with Crippen LogP contribution in [0.25, 0.3) is 0 Å². The van der Waals surface area contributed by atoms with Gasteiger partial charge in [0.1, 0.15) is 5.75 Å². The molecule has 0 radical (unpaired) electrons. The third-order valence-electron chi connectivity index (χ3n) is 2.27. The first kappa shape index (κ1) is 14.7. The van der Waals surface area contributed by atoms with Crippen molar-refractivity contribution >= 4 is 34.5 Å². The Kier molecular flexibility index (Phi) is 5.90. The zero-order valence-electron chi connectivity index (χ0n) is 9.90. The largest absolute Gasteiger partial charge is 0.497 e. The maximum absolute atomic E-state index is 11.8. The van der Waals surface area contributed by atoms with E-state index in [1.54, 1.807) is 25.3 Å². The molecule has 1 aromatic rings. The van der Waals surface area contributed by atoms with Crippen LogP contribution in [-0.2, 0) is 4.79 Å². The van der Waals surface area contributed by atoms with Crippen LogP contribution in [0.3, 0.4) is 0 Å². The quantitative estimate of drug-likeness (QED) is 0.598. The summed E-state index contributed by atoms with van der Waals surface area (Å²) in [7, 11) is 1.57. The number of benzene rings is 1. The number of nitrogens with one attached hydrogen (secondary N) is 1. The number of rotatable bonds is 6. The Morgan fingerprint density at radius 2 is 2.17 bits per heavy atom. The predicted octanol–water partition coefficient (Wildman–Crippen LogP) is 1.89. The van der Waals surface area contributed by atoms with Crippen molar-refractivity contribution in [3.8, 4) is 5.75 Å². The second kappa shape index (κ2) is 7.20. The van der Waals surface area contributed by atoms with Gasteiger partial charge >= 0.3 is 5.97 Å². The minimum absolute atomic E-state index is 0.0555. The van der Waals surface area contributed by atoms with Crippen molar-refractivity contribution in [1.29, 1.82) is 0 Å². The fourth-order valence-electron chi connectivity index (χ4n) is 1.34. The van der Waals surface area contributed by atoms with Crippen LogP contribution in [0.2, 0.25) is 0 Å². The van der Waals surface area contributed by atoms with E-state index < -0.39 is 5.97 Å². The predicted molar refractivity (Wildman–Crippen MR) is 74.9 cm³/mol. The summed E-state index contributed by atoms with van der Waals surface area (Å²) in [6, 6.07) is 5.17. The summed E-state index contributed by atoms with van der Waals surface area (Å²) in [6.07, 6.45) is 0.480. The second-order valence-corrected chi connectivity index (χ2v) is 4.76. The van der Waals surface area contributed by atoms with Gasteiger partial charge in [0.25, 0.3) is 5.91 Å². The van der Waals surface area contributed by atoms with E-state index in [4.69, 9.17) is 9.84 Å². The normalized spacial score (nSPS) is 9.89. The highest BCUT2D eigenvalue weighted by Crippen LogP contribution is 2.19. The van der Waals surface area contributed by atoms with Crippen LogP contribution in [0.4, 0.5) is 0 Å². The summed E-state index contributed by atoms with van der Waals surface area (Å²) in [6.45, 7) is 0.354. The number of aliphatic carboxylic acids is 1. The number of carbonyl (C=O) groups excluding carboxylic acids is 1. The van der Waals surface area contributed by atoms with Crippen LogP contribution in [0.1, 0.15) is 23.2 Å². The van der Waals surface area contributed by atoms with Crippen molar-refractivity contribution in [3.05, 3.63) is 27.3 Å². The zero-order chi connectivity index (χ0) is 13.5. The van der Waals surface area contributed by atoms with Gasteiger partial charge in [-0.3, -0.25) is 9.59 Å². The van der Waals surface area contributed by atoms with Crippen molar-refractivity contribution in [2.75, 3.05) is 13.7 Å². The first-order valence-corrected chi connectivity index (χ1v) is 6.46. The highest BCUT2D eigenvalue weighted by atomic mass is 127. The maximum atomic E-state index is 11.8. The fraction of sp³-hybridized carbons (Fsp3) is 0.333. The molecule has 0 heterocycles. The van der Waals surface area contributed by atoms with Crippen LogP contribution in [0, 0.1) is 3.57 Å². The van der Waals surface area contributed by atoms with Crippen molar-refractivity contribution in [1.82, 2.24) is 5.32 Å². The minimum atomic E-state index is -0.858. The molecule has 0 saturated carbocycles. The fourth-order valence-corrected chi connectivity index (χ4v) is 2.08. The molecule has 0 unspecified atom stereocenters. The zero-order valence-corrected chi connectivity index (χ0v) is 12.1. The van der Waals surface area contributed by atoms with E-state index in [0.717, 1.165) is 3.57 Å². The van der Waals surface area contributed by atoms with E-state index in [9.17, 15) is 9.59 Å². The topological polar surface area (TPSA) is 75.6 Å². The number of methoxy groups -OCH3 is 1. The highest BCUT2D eigenvalue weighted by Gasteiger charge is 2.10. The summed E-state index contributed by atoms with van der Waals surface area (Å²) in [5.74, 6) is -0.363. The molecule has 1 aromatic carbocycles. The standard InChI is InChI=1S/C12H14INO4/c1-18-8-4-5-9(10(13)7-8)12(17)14-6-2-3-11(15)16/h4-5,7H,2-3,6H2,1H3,(H,14,17)(H,15,16). The SMILES string of the molecule is COc1ccc(C(=O)NCCCC(=O)O)c(I)c1. The van der Waals surface area contributed by atoms with Gasteiger partial charge in [-0.15, -0.1) is 0 Å². The number of hydrogen-bond acceptors (Lipinski definition) is 3. The molecule has 0 bridgehead atoms. The molecular formula is C12H14INO4. The smallest absolute Gasteiger partial charge is 0.303 e. The molecule has 0 fully saturated rings. The van der Waals surface area contributed by atoms with Crippen LogP contribution in [0.15, 0.2) is 18.2 Å². The lowest BCUT2D eigenvalue weighted by Gasteiger charge is -2.07. The Balaban J connectivity index is 2.54. The molecule has 98 valence electrons. The van der Waals surface area contributed by atoms with E-state index in [2.05, 4.69) is 27.9 Å². The number of amides is 1. The van der Waals surface area contributed by atoms with Crippen molar-refractivity contribution < 1.29 is 19.4 Å². The molecule has 6 heteroatoms. The summed E-state index contributed by atoms with van der Waals surface area (Å²) >= 11 is 2.06. The van der Waals surface area contributed by atoms with Gasteiger partial charge in [0.15, 0.2) is 0 Å².